The lowest BCUT2D eigenvalue weighted by molar-refractivity contribution is 0.444. The minimum absolute atomic E-state index is 0.207. The highest BCUT2D eigenvalue weighted by Gasteiger charge is 2.16. The summed E-state index contributed by atoms with van der Waals surface area (Å²) in [6.45, 7) is 4.14. The second kappa shape index (κ2) is 5.67. The first-order valence-electron chi connectivity index (χ1n) is 6.40. The Kier molecular flexibility index (Phi) is 4.14. The van der Waals surface area contributed by atoms with E-state index in [1.807, 2.05) is 24.3 Å². The van der Waals surface area contributed by atoms with Crippen LogP contribution in [-0.2, 0) is 0 Å². The molecule has 1 unspecified atom stereocenters. The minimum Gasteiger partial charge on any atom is -0.320 e. The van der Waals surface area contributed by atoms with E-state index in [0.717, 1.165) is 23.3 Å². The van der Waals surface area contributed by atoms with Crippen LogP contribution in [0.25, 0.3) is 0 Å². The predicted molar refractivity (Wildman–Crippen MR) is 72.9 cm³/mol. The molecule has 0 fully saturated rings. The average Bonchev–Trinajstić information content (AvgIpc) is 2.43. The Morgan fingerprint density at radius 3 is 1.70 bits per heavy atom. The maximum Gasteiger partial charge on any atom is 0.194 e. The zero-order chi connectivity index (χ0) is 14.9. The van der Waals surface area contributed by atoms with Crippen molar-refractivity contribution in [3.8, 4) is 0 Å². The van der Waals surface area contributed by atoms with E-state index in [1.165, 1.54) is 0 Å². The van der Waals surface area contributed by atoms with Crippen LogP contribution in [0.5, 0.6) is 0 Å². The van der Waals surface area contributed by atoms with E-state index in [1.54, 1.807) is 0 Å². The number of hydrogen-bond acceptors (Lipinski definition) is 1. The van der Waals surface area contributed by atoms with E-state index in [-0.39, 0.29) is 5.56 Å². The molecule has 0 aliphatic carbocycles. The normalized spacial score (nSPS) is 12.8. The summed E-state index contributed by atoms with van der Waals surface area (Å²) in [5.74, 6) is -3.54. The molecule has 0 aromatic heterocycles. The van der Waals surface area contributed by atoms with Gasteiger partial charge in [0.2, 0.25) is 0 Å². The zero-order valence-corrected chi connectivity index (χ0v) is 11.3. The SMILES string of the molecule is CC(C)c1ccc(C(N)c2cc(F)c(F)c(F)c2)cc1. The lowest BCUT2D eigenvalue weighted by atomic mass is 9.95. The van der Waals surface area contributed by atoms with E-state index < -0.39 is 23.5 Å². The van der Waals surface area contributed by atoms with Crippen molar-refractivity contribution in [2.45, 2.75) is 25.8 Å². The first kappa shape index (κ1) is 14.6. The van der Waals surface area contributed by atoms with Crippen molar-refractivity contribution in [2.24, 2.45) is 5.73 Å². The van der Waals surface area contributed by atoms with Crippen LogP contribution in [-0.4, -0.2) is 0 Å². The molecule has 1 atom stereocenters. The molecule has 1 nitrogen and oxygen atoms in total. The molecule has 106 valence electrons. The summed E-state index contributed by atoms with van der Waals surface area (Å²) in [6, 6.07) is 8.66. The first-order chi connectivity index (χ1) is 9.40. The van der Waals surface area contributed by atoms with Crippen molar-refractivity contribution < 1.29 is 13.2 Å². The molecule has 0 amide bonds. The highest BCUT2D eigenvalue weighted by atomic mass is 19.2. The zero-order valence-electron chi connectivity index (χ0n) is 11.3. The Bertz CT molecular complexity index is 583. The van der Waals surface area contributed by atoms with Crippen molar-refractivity contribution in [3.05, 3.63) is 70.5 Å². The smallest absolute Gasteiger partial charge is 0.194 e. The van der Waals surface area contributed by atoms with Gasteiger partial charge in [0.15, 0.2) is 17.5 Å². The van der Waals surface area contributed by atoms with Crippen LogP contribution in [0.1, 0.15) is 42.5 Å². The molecular weight excluding hydrogens is 263 g/mol. The van der Waals surface area contributed by atoms with Crippen molar-refractivity contribution in [2.75, 3.05) is 0 Å². The van der Waals surface area contributed by atoms with Crippen molar-refractivity contribution in [1.29, 1.82) is 0 Å². The molecular formula is C16H16F3N. The number of benzene rings is 2. The Hall–Kier alpha value is -1.81. The van der Waals surface area contributed by atoms with E-state index in [9.17, 15) is 13.2 Å². The molecule has 4 heteroatoms. The van der Waals surface area contributed by atoms with Crippen LogP contribution < -0.4 is 5.73 Å². The van der Waals surface area contributed by atoms with Gasteiger partial charge in [-0.25, -0.2) is 13.2 Å². The molecule has 2 N–H and O–H groups in total. The Labute approximate surface area is 116 Å². The Morgan fingerprint density at radius 1 is 0.800 bits per heavy atom. The summed E-state index contributed by atoms with van der Waals surface area (Å²) in [5, 5.41) is 0. The third-order valence-corrected chi connectivity index (χ3v) is 3.33. The van der Waals surface area contributed by atoms with Gasteiger partial charge in [0.05, 0.1) is 6.04 Å². The van der Waals surface area contributed by atoms with Gasteiger partial charge < -0.3 is 5.73 Å². The van der Waals surface area contributed by atoms with Crippen molar-refractivity contribution >= 4 is 0 Å². The molecule has 20 heavy (non-hydrogen) atoms. The van der Waals surface area contributed by atoms with Crippen molar-refractivity contribution in [3.63, 3.8) is 0 Å². The third-order valence-electron chi connectivity index (χ3n) is 3.33. The molecule has 0 saturated carbocycles. The molecule has 0 spiro atoms. The van der Waals surface area contributed by atoms with Gasteiger partial charge in [-0.05, 0) is 34.7 Å². The molecule has 0 saturated heterocycles. The Balaban J connectivity index is 2.33. The van der Waals surface area contributed by atoms with Gasteiger partial charge in [0.25, 0.3) is 0 Å². The van der Waals surface area contributed by atoms with Crippen LogP contribution in [0, 0.1) is 17.5 Å². The van der Waals surface area contributed by atoms with E-state index >= 15 is 0 Å². The van der Waals surface area contributed by atoms with Gasteiger partial charge >= 0.3 is 0 Å². The van der Waals surface area contributed by atoms with Crippen LogP contribution in [0.15, 0.2) is 36.4 Å². The number of hydrogen-bond donors (Lipinski definition) is 1. The van der Waals surface area contributed by atoms with Gasteiger partial charge in [-0.1, -0.05) is 38.1 Å². The topological polar surface area (TPSA) is 26.0 Å². The molecule has 0 radical (unpaired) electrons. The summed E-state index contributed by atoms with van der Waals surface area (Å²) in [4.78, 5) is 0. The highest BCUT2D eigenvalue weighted by molar-refractivity contribution is 5.34. The monoisotopic (exact) mass is 279 g/mol. The molecule has 0 aliphatic heterocycles. The van der Waals surface area contributed by atoms with Gasteiger partial charge in [0, 0.05) is 0 Å². The number of nitrogens with two attached hydrogens (primary N) is 1. The summed E-state index contributed by atoms with van der Waals surface area (Å²) in [6.07, 6.45) is 0. The lowest BCUT2D eigenvalue weighted by Gasteiger charge is -2.14. The minimum atomic E-state index is -1.48. The van der Waals surface area contributed by atoms with Gasteiger partial charge in [-0.2, -0.15) is 0 Å². The fourth-order valence-electron chi connectivity index (χ4n) is 2.04. The standard InChI is InChI=1S/C16H16F3N/c1-9(2)10-3-5-11(6-4-10)16(20)12-7-13(17)15(19)14(18)8-12/h3-9,16H,20H2,1-2H3. The second-order valence-corrected chi connectivity index (χ2v) is 5.10. The molecule has 0 heterocycles. The quantitative estimate of drug-likeness (QED) is 0.834. The highest BCUT2D eigenvalue weighted by Crippen LogP contribution is 2.24. The largest absolute Gasteiger partial charge is 0.320 e. The van der Waals surface area contributed by atoms with E-state index in [4.69, 9.17) is 5.73 Å². The van der Waals surface area contributed by atoms with Crippen molar-refractivity contribution in [1.82, 2.24) is 0 Å². The third kappa shape index (κ3) is 2.85. The fourth-order valence-corrected chi connectivity index (χ4v) is 2.04. The Morgan fingerprint density at radius 2 is 1.25 bits per heavy atom. The van der Waals surface area contributed by atoms with Crippen LogP contribution in [0.4, 0.5) is 13.2 Å². The van der Waals surface area contributed by atoms with E-state index in [2.05, 4.69) is 13.8 Å². The summed E-state index contributed by atoms with van der Waals surface area (Å²) in [5.41, 5.74) is 8.05. The van der Waals surface area contributed by atoms with Crippen LogP contribution in [0.3, 0.4) is 0 Å². The average molecular weight is 279 g/mol. The molecule has 0 aliphatic rings. The number of rotatable bonds is 3. The fraction of sp³-hybridized carbons (Fsp3) is 0.250. The second-order valence-electron chi connectivity index (χ2n) is 5.10. The number of halogens is 3. The summed E-state index contributed by atoms with van der Waals surface area (Å²) in [7, 11) is 0. The first-order valence-corrected chi connectivity index (χ1v) is 6.40. The lowest BCUT2D eigenvalue weighted by Crippen LogP contribution is -2.13. The molecule has 2 rings (SSSR count). The molecule has 2 aromatic rings. The predicted octanol–water partition coefficient (Wildman–Crippen LogP) is 4.28. The van der Waals surface area contributed by atoms with Crippen LogP contribution >= 0.6 is 0 Å². The van der Waals surface area contributed by atoms with Gasteiger partial charge in [0.1, 0.15) is 0 Å². The summed E-state index contributed by atoms with van der Waals surface area (Å²) >= 11 is 0. The van der Waals surface area contributed by atoms with E-state index in [0.29, 0.717) is 5.92 Å². The maximum absolute atomic E-state index is 13.2. The van der Waals surface area contributed by atoms with Crippen LogP contribution in [0.2, 0.25) is 0 Å². The molecule has 0 bridgehead atoms. The van der Waals surface area contributed by atoms with Gasteiger partial charge in [-0.3, -0.25) is 0 Å². The van der Waals surface area contributed by atoms with Gasteiger partial charge in [-0.15, -0.1) is 0 Å². The maximum atomic E-state index is 13.2. The molecule has 2 aromatic carbocycles. The summed E-state index contributed by atoms with van der Waals surface area (Å²) < 4.78 is 39.4.